The monoisotopic (exact) mass is 284 g/mol. The molecule has 0 heterocycles. The second kappa shape index (κ2) is 7.25. The number of benzene rings is 1. The lowest BCUT2D eigenvalue weighted by Crippen LogP contribution is -2.30. The molecule has 6 heteroatoms. The molecule has 1 aromatic carbocycles. The van der Waals surface area contributed by atoms with Gasteiger partial charge >= 0.3 is 0 Å². The highest BCUT2D eigenvalue weighted by molar-refractivity contribution is 7.90. The minimum absolute atomic E-state index is 0.0196. The summed E-state index contributed by atoms with van der Waals surface area (Å²) in [6, 6.07) is 7.33. The fraction of sp³-hybridized carbons (Fsp3) is 0.462. The third-order valence-corrected chi connectivity index (χ3v) is 4.21. The summed E-state index contributed by atoms with van der Waals surface area (Å²) in [5.74, 6) is -0.452. The van der Waals surface area contributed by atoms with Gasteiger partial charge in [0.15, 0.2) is 9.84 Å². The van der Waals surface area contributed by atoms with Crippen LogP contribution in [-0.4, -0.2) is 33.2 Å². The average Bonchev–Trinajstić information content (AvgIpc) is 2.36. The van der Waals surface area contributed by atoms with Gasteiger partial charge in [0.25, 0.3) is 0 Å². The molecule has 0 radical (unpaired) electrons. The number of hydrogen-bond donors (Lipinski definition) is 2. The van der Waals surface area contributed by atoms with Gasteiger partial charge in [0, 0.05) is 19.5 Å². The molecule has 1 amide bonds. The first-order valence-corrected chi connectivity index (χ1v) is 7.98. The zero-order valence-electron chi connectivity index (χ0n) is 11.1. The predicted octanol–water partition coefficient (Wildman–Crippen LogP) is 0.375. The van der Waals surface area contributed by atoms with Crippen molar-refractivity contribution in [3.05, 3.63) is 35.4 Å². The Bertz CT molecular complexity index is 509. The molecule has 19 heavy (non-hydrogen) atoms. The van der Waals surface area contributed by atoms with Gasteiger partial charge < -0.3 is 11.1 Å². The van der Waals surface area contributed by atoms with Crippen LogP contribution in [0.25, 0.3) is 0 Å². The van der Waals surface area contributed by atoms with Crippen LogP contribution >= 0.6 is 0 Å². The van der Waals surface area contributed by atoms with Gasteiger partial charge in [0.05, 0.1) is 11.5 Å². The van der Waals surface area contributed by atoms with Crippen molar-refractivity contribution < 1.29 is 13.2 Å². The summed E-state index contributed by atoms with van der Waals surface area (Å²) in [4.78, 5) is 11.3. The summed E-state index contributed by atoms with van der Waals surface area (Å²) in [5, 5.41) is 2.55. The Morgan fingerprint density at radius 2 is 1.89 bits per heavy atom. The Hall–Kier alpha value is -1.40. The number of hydrogen-bond acceptors (Lipinski definition) is 4. The molecule has 0 aromatic heterocycles. The van der Waals surface area contributed by atoms with E-state index in [1.54, 1.807) is 12.1 Å². The summed E-state index contributed by atoms with van der Waals surface area (Å²) in [6.07, 6.45) is -0.0196. The predicted molar refractivity (Wildman–Crippen MR) is 75.4 cm³/mol. The van der Waals surface area contributed by atoms with Crippen LogP contribution in [0.1, 0.15) is 17.5 Å². The first-order valence-electron chi connectivity index (χ1n) is 6.16. The van der Waals surface area contributed by atoms with Crippen molar-refractivity contribution in [3.63, 3.8) is 0 Å². The molecule has 0 saturated heterocycles. The van der Waals surface area contributed by atoms with E-state index in [0.717, 1.165) is 11.1 Å². The summed E-state index contributed by atoms with van der Waals surface area (Å²) in [5.41, 5.74) is 7.07. The van der Waals surface area contributed by atoms with E-state index in [9.17, 15) is 13.2 Å². The maximum atomic E-state index is 11.9. The van der Waals surface area contributed by atoms with Crippen molar-refractivity contribution in [2.75, 3.05) is 18.8 Å². The second-order valence-corrected chi connectivity index (χ2v) is 6.65. The minimum atomic E-state index is -3.26. The molecule has 3 N–H and O–H groups in total. The van der Waals surface area contributed by atoms with Gasteiger partial charge in [-0.3, -0.25) is 4.79 Å². The van der Waals surface area contributed by atoms with E-state index in [4.69, 9.17) is 5.73 Å². The topological polar surface area (TPSA) is 89.3 Å². The number of amides is 1. The summed E-state index contributed by atoms with van der Waals surface area (Å²) >= 11 is 0. The lowest BCUT2D eigenvalue weighted by molar-refractivity contribution is -0.120. The van der Waals surface area contributed by atoms with Gasteiger partial charge in [0.1, 0.15) is 0 Å². The molecule has 0 bridgehead atoms. The van der Waals surface area contributed by atoms with Crippen LogP contribution in [0.3, 0.4) is 0 Å². The Morgan fingerprint density at radius 3 is 2.47 bits per heavy atom. The number of carbonyl (C=O) groups is 1. The number of nitrogens with two attached hydrogens (primary N) is 1. The lowest BCUT2D eigenvalue weighted by atomic mass is 10.2. The zero-order valence-corrected chi connectivity index (χ0v) is 11.9. The molecule has 0 spiro atoms. The zero-order chi connectivity index (χ0) is 14.3. The number of sulfone groups is 1. The van der Waals surface area contributed by atoms with Gasteiger partial charge in [-0.2, -0.15) is 0 Å². The third kappa shape index (κ3) is 6.35. The number of carbonyl (C=O) groups excluding carboxylic acids is 1. The molecule has 0 saturated carbocycles. The standard InChI is InChI=1S/C13H20N2O3S/c1-11-2-4-12(5-3-11)10-19(17,18)9-6-13(16)15-8-7-14/h2-5H,6-10,14H2,1H3,(H,15,16). The van der Waals surface area contributed by atoms with E-state index < -0.39 is 9.84 Å². The fourth-order valence-electron chi connectivity index (χ4n) is 1.56. The molecular formula is C13H20N2O3S. The Balaban J connectivity index is 2.48. The van der Waals surface area contributed by atoms with E-state index in [-0.39, 0.29) is 23.8 Å². The molecular weight excluding hydrogens is 264 g/mol. The Kier molecular flexibility index (Phi) is 5.98. The highest BCUT2D eigenvalue weighted by Crippen LogP contribution is 2.09. The largest absolute Gasteiger partial charge is 0.355 e. The molecule has 0 unspecified atom stereocenters. The van der Waals surface area contributed by atoms with Gasteiger partial charge in [-0.1, -0.05) is 29.8 Å². The van der Waals surface area contributed by atoms with Crippen LogP contribution < -0.4 is 11.1 Å². The maximum absolute atomic E-state index is 11.9. The van der Waals surface area contributed by atoms with E-state index in [0.29, 0.717) is 13.1 Å². The van der Waals surface area contributed by atoms with Crippen LogP contribution in [0, 0.1) is 6.92 Å². The molecule has 0 atom stereocenters. The molecule has 1 aromatic rings. The molecule has 0 fully saturated rings. The van der Waals surface area contributed by atoms with Crippen molar-refractivity contribution in [2.24, 2.45) is 5.73 Å². The molecule has 1 rings (SSSR count). The van der Waals surface area contributed by atoms with E-state index in [1.807, 2.05) is 19.1 Å². The van der Waals surface area contributed by atoms with E-state index >= 15 is 0 Å². The molecule has 0 aliphatic heterocycles. The van der Waals surface area contributed by atoms with Crippen molar-refractivity contribution in [3.8, 4) is 0 Å². The van der Waals surface area contributed by atoms with E-state index in [1.165, 1.54) is 0 Å². The summed E-state index contributed by atoms with van der Waals surface area (Å²) < 4.78 is 23.7. The van der Waals surface area contributed by atoms with Crippen molar-refractivity contribution in [2.45, 2.75) is 19.1 Å². The first kappa shape index (κ1) is 15.7. The van der Waals surface area contributed by atoms with Crippen LogP contribution in [0.5, 0.6) is 0 Å². The van der Waals surface area contributed by atoms with Crippen molar-refractivity contribution in [1.29, 1.82) is 0 Å². The van der Waals surface area contributed by atoms with E-state index in [2.05, 4.69) is 5.32 Å². The SMILES string of the molecule is Cc1ccc(CS(=O)(=O)CCC(=O)NCCN)cc1. The van der Waals surface area contributed by atoms with Gasteiger partial charge in [-0.15, -0.1) is 0 Å². The van der Waals surface area contributed by atoms with Gasteiger partial charge in [-0.25, -0.2) is 8.42 Å². The quantitative estimate of drug-likeness (QED) is 0.757. The second-order valence-electron chi connectivity index (χ2n) is 4.47. The maximum Gasteiger partial charge on any atom is 0.221 e. The first-order chi connectivity index (χ1) is 8.93. The normalized spacial score (nSPS) is 11.3. The fourth-order valence-corrected chi connectivity index (χ4v) is 2.90. The van der Waals surface area contributed by atoms with Gasteiger partial charge in [-0.05, 0) is 12.5 Å². The van der Waals surface area contributed by atoms with Crippen LogP contribution in [-0.2, 0) is 20.4 Å². The highest BCUT2D eigenvalue weighted by Gasteiger charge is 2.14. The summed E-state index contributed by atoms with van der Waals surface area (Å²) in [7, 11) is -3.26. The smallest absolute Gasteiger partial charge is 0.221 e. The van der Waals surface area contributed by atoms with Crippen LogP contribution in [0.2, 0.25) is 0 Å². The molecule has 106 valence electrons. The summed E-state index contributed by atoms with van der Waals surface area (Å²) in [6.45, 7) is 2.67. The van der Waals surface area contributed by atoms with Crippen LogP contribution in [0.15, 0.2) is 24.3 Å². The molecule has 0 aliphatic carbocycles. The number of aryl methyl sites for hydroxylation is 1. The Labute approximate surface area is 114 Å². The van der Waals surface area contributed by atoms with Crippen LogP contribution in [0.4, 0.5) is 0 Å². The van der Waals surface area contributed by atoms with Gasteiger partial charge in [0.2, 0.25) is 5.91 Å². The number of rotatable bonds is 7. The van der Waals surface area contributed by atoms with Crippen molar-refractivity contribution in [1.82, 2.24) is 5.32 Å². The average molecular weight is 284 g/mol. The van der Waals surface area contributed by atoms with Crippen molar-refractivity contribution >= 4 is 15.7 Å². The molecule has 5 nitrogen and oxygen atoms in total. The Morgan fingerprint density at radius 1 is 1.26 bits per heavy atom. The number of nitrogens with one attached hydrogen (secondary N) is 1. The molecule has 0 aliphatic rings. The lowest BCUT2D eigenvalue weighted by Gasteiger charge is -2.06. The third-order valence-electron chi connectivity index (χ3n) is 2.61. The highest BCUT2D eigenvalue weighted by atomic mass is 32.2. The minimum Gasteiger partial charge on any atom is -0.355 e.